The number of para-hydroxylation sites is 1. The van der Waals surface area contributed by atoms with Gasteiger partial charge in [-0.15, -0.1) is 0 Å². The summed E-state index contributed by atoms with van der Waals surface area (Å²) in [6, 6.07) is 7.20. The van der Waals surface area contributed by atoms with Gasteiger partial charge in [0, 0.05) is 13.2 Å². The third kappa shape index (κ3) is 4.56. The molecule has 19 heavy (non-hydrogen) atoms. The molecule has 0 bridgehead atoms. The van der Waals surface area contributed by atoms with Crippen LogP contribution in [0, 0.1) is 0 Å². The highest BCUT2D eigenvalue weighted by Gasteiger charge is 2.17. The lowest BCUT2D eigenvalue weighted by Gasteiger charge is -2.21. The Labute approximate surface area is 113 Å². The van der Waals surface area contributed by atoms with E-state index in [0.29, 0.717) is 19.4 Å². The minimum absolute atomic E-state index is 0.0299. The molecule has 1 unspecified atom stereocenters. The molecule has 1 fully saturated rings. The van der Waals surface area contributed by atoms with Crippen LogP contribution < -0.4 is 5.32 Å². The van der Waals surface area contributed by atoms with E-state index in [0.717, 1.165) is 31.4 Å². The number of hydrogen-bond donors (Lipinski definition) is 2. The lowest BCUT2D eigenvalue weighted by molar-refractivity contribution is -0.124. The van der Waals surface area contributed by atoms with E-state index in [1.54, 1.807) is 12.1 Å². The molecule has 1 heterocycles. The molecule has 2 N–H and O–H groups in total. The smallest absolute Gasteiger partial charge is 0.222 e. The normalized spacial score (nSPS) is 19.1. The van der Waals surface area contributed by atoms with Crippen molar-refractivity contribution in [1.82, 2.24) is 5.32 Å². The summed E-state index contributed by atoms with van der Waals surface area (Å²) in [5.41, 5.74) is 0.858. The molecule has 1 atom stereocenters. The molecule has 2 rings (SSSR count). The second-order valence-electron chi connectivity index (χ2n) is 4.92. The molecule has 1 aromatic rings. The molecule has 1 aliphatic rings. The van der Waals surface area contributed by atoms with Gasteiger partial charge in [-0.25, -0.2) is 0 Å². The van der Waals surface area contributed by atoms with Crippen molar-refractivity contribution in [1.29, 1.82) is 0 Å². The van der Waals surface area contributed by atoms with Crippen LogP contribution in [0.1, 0.15) is 31.2 Å². The molecule has 0 saturated carbocycles. The van der Waals surface area contributed by atoms with Crippen molar-refractivity contribution in [3.63, 3.8) is 0 Å². The number of phenols is 1. The summed E-state index contributed by atoms with van der Waals surface area (Å²) in [5.74, 6) is 0.315. The highest BCUT2D eigenvalue weighted by molar-refractivity contribution is 5.76. The topological polar surface area (TPSA) is 58.6 Å². The maximum Gasteiger partial charge on any atom is 0.222 e. The van der Waals surface area contributed by atoms with Crippen LogP contribution in [0.5, 0.6) is 5.75 Å². The lowest BCUT2D eigenvalue weighted by Crippen LogP contribution is -2.31. The zero-order valence-electron chi connectivity index (χ0n) is 11.1. The largest absolute Gasteiger partial charge is 0.508 e. The fourth-order valence-electron chi connectivity index (χ4n) is 2.31. The van der Waals surface area contributed by atoms with E-state index in [1.165, 1.54) is 0 Å². The summed E-state index contributed by atoms with van der Waals surface area (Å²) >= 11 is 0. The summed E-state index contributed by atoms with van der Waals surface area (Å²) in [6.45, 7) is 1.32. The number of hydrogen-bond acceptors (Lipinski definition) is 3. The van der Waals surface area contributed by atoms with E-state index in [1.807, 2.05) is 12.1 Å². The predicted octanol–water partition coefficient (Wildman–Crippen LogP) is 2.01. The molecule has 0 spiro atoms. The Morgan fingerprint density at radius 2 is 2.21 bits per heavy atom. The Kier molecular flexibility index (Phi) is 5.21. The monoisotopic (exact) mass is 263 g/mol. The fraction of sp³-hybridized carbons (Fsp3) is 0.533. The fourth-order valence-corrected chi connectivity index (χ4v) is 2.31. The molecule has 0 aliphatic carbocycles. The molecule has 1 aromatic carbocycles. The average molecular weight is 263 g/mol. The van der Waals surface area contributed by atoms with E-state index >= 15 is 0 Å². The first-order valence-electron chi connectivity index (χ1n) is 6.91. The first-order valence-corrected chi connectivity index (χ1v) is 6.91. The minimum Gasteiger partial charge on any atom is -0.508 e. The molecule has 0 aromatic heterocycles. The second-order valence-corrected chi connectivity index (χ2v) is 4.92. The van der Waals surface area contributed by atoms with Gasteiger partial charge in [0.15, 0.2) is 0 Å². The Balaban J connectivity index is 1.67. The van der Waals surface area contributed by atoms with Crippen molar-refractivity contribution < 1.29 is 14.6 Å². The van der Waals surface area contributed by atoms with Crippen molar-refractivity contribution in [2.45, 2.75) is 38.2 Å². The maximum absolute atomic E-state index is 11.7. The third-order valence-electron chi connectivity index (χ3n) is 3.40. The van der Waals surface area contributed by atoms with E-state index in [2.05, 4.69) is 5.32 Å². The molecule has 4 heteroatoms. The number of amides is 1. The van der Waals surface area contributed by atoms with Gasteiger partial charge in [-0.3, -0.25) is 4.79 Å². The summed E-state index contributed by atoms with van der Waals surface area (Å²) in [6.07, 6.45) is 4.40. The minimum atomic E-state index is 0.0299. The Hall–Kier alpha value is -1.55. The van der Waals surface area contributed by atoms with Crippen molar-refractivity contribution >= 4 is 5.91 Å². The van der Waals surface area contributed by atoms with Gasteiger partial charge >= 0.3 is 0 Å². The Bertz CT molecular complexity index is 414. The van der Waals surface area contributed by atoms with Gasteiger partial charge in [-0.2, -0.15) is 0 Å². The predicted molar refractivity (Wildman–Crippen MR) is 73.0 cm³/mol. The number of carbonyl (C=O) groups is 1. The van der Waals surface area contributed by atoms with Crippen molar-refractivity contribution in [3.05, 3.63) is 29.8 Å². The number of phenolic OH excluding ortho intramolecular Hbond substituents is 1. The molecule has 1 saturated heterocycles. The number of nitrogens with one attached hydrogen (secondary N) is 1. The van der Waals surface area contributed by atoms with Gasteiger partial charge in [0.25, 0.3) is 0 Å². The lowest BCUT2D eigenvalue weighted by atomic mass is 10.1. The van der Waals surface area contributed by atoms with Gasteiger partial charge in [0.1, 0.15) is 5.75 Å². The van der Waals surface area contributed by atoms with Gasteiger partial charge in [0.2, 0.25) is 5.91 Å². The molecular formula is C15H21NO3. The summed E-state index contributed by atoms with van der Waals surface area (Å²) in [5, 5.41) is 12.5. The van der Waals surface area contributed by atoms with Crippen LogP contribution in [0.15, 0.2) is 24.3 Å². The van der Waals surface area contributed by atoms with Crippen LogP contribution in [-0.4, -0.2) is 30.3 Å². The summed E-state index contributed by atoms with van der Waals surface area (Å²) < 4.78 is 5.53. The zero-order valence-corrected chi connectivity index (χ0v) is 11.1. The molecule has 4 nitrogen and oxygen atoms in total. The van der Waals surface area contributed by atoms with Gasteiger partial charge in [0.05, 0.1) is 12.5 Å². The van der Waals surface area contributed by atoms with Crippen molar-refractivity contribution in [3.8, 4) is 5.75 Å². The maximum atomic E-state index is 11.7. The summed E-state index contributed by atoms with van der Waals surface area (Å²) in [4.78, 5) is 11.7. The van der Waals surface area contributed by atoms with Crippen LogP contribution in [-0.2, 0) is 16.0 Å². The number of rotatable bonds is 5. The molecule has 1 aliphatic heterocycles. The van der Waals surface area contributed by atoms with Crippen LogP contribution >= 0.6 is 0 Å². The Morgan fingerprint density at radius 3 is 2.95 bits per heavy atom. The molecule has 0 radical (unpaired) electrons. The highest BCUT2D eigenvalue weighted by atomic mass is 16.5. The van der Waals surface area contributed by atoms with Crippen LogP contribution in [0.3, 0.4) is 0 Å². The number of benzene rings is 1. The first kappa shape index (κ1) is 13.9. The molecule has 104 valence electrons. The molecule has 1 amide bonds. The number of carbonyl (C=O) groups excluding carboxylic acids is 1. The highest BCUT2D eigenvalue weighted by Crippen LogP contribution is 2.16. The van der Waals surface area contributed by atoms with Gasteiger partial charge in [-0.1, -0.05) is 18.2 Å². The number of aromatic hydroxyl groups is 1. The second kappa shape index (κ2) is 7.14. The van der Waals surface area contributed by atoms with Crippen molar-refractivity contribution in [2.75, 3.05) is 13.2 Å². The van der Waals surface area contributed by atoms with E-state index in [-0.39, 0.29) is 17.8 Å². The number of ether oxygens (including phenoxy) is 1. The Morgan fingerprint density at radius 1 is 1.37 bits per heavy atom. The van der Waals surface area contributed by atoms with E-state index in [4.69, 9.17) is 4.74 Å². The summed E-state index contributed by atoms with van der Waals surface area (Å²) in [7, 11) is 0. The van der Waals surface area contributed by atoms with Gasteiger partial charge in [-0.05, 0) is 37.3 Å². The quantitative estimate of drug-likeness (QED) is 0.854. The van der Waals surface area contributed by atoms with Crippen LogP contribution in [0.25, 0.3) is 0 Å². The van der Waals surface area contributed by atoms with E-state index in [9.17, 15) is 9.90 Å². The van der Waals surface area contributed by atoms with Crippen molar-refractivity contribution in [2.24, 2.45) is 0 Å². The molecular weight excluding hydrogens is 242 g/mol. The van der Waals surface area contributed by atoms with Crippen LogP contribution in [0.4, 0.5) is 0 Å². The van der Waals surface area contributed by atoms with Gasteiger partial charge < -0.3 is 15.2 Å². The SMILES string of the molecule is O=C(CC1CCCCO1)NCCc1ccccc1O. The van der Waals surface area contributed by atoms with E-state index < -0.39 is 0 Å². The average Bonchev–Trinajstić information content (AvgIpc) is 2.42. The zero-order chi connectivity index (χ0) is 13.5. The van der Waals surface area contributed by atoms with Crippen LogP contribution in [0.2, 0.25) is 0 Å². The first-order chi connectivity index (χ1) is 9.25. The standard InChI is InChI=1S/C15H21NO3/c17-14-7-2-1-5-12(14)8-9-16-15(18)11-13-6-3-4-10-19-13/h1-2,5,7,13,17H,3-4,6,8-11H2,(H,16,18). The third-order valence-corrected chi connectivity index (χ3v) is 3.40.